The number of amides is 1. The largest absolute Gasteiger partial charge is 0.474 e. The summed E-state index contributed by atoms with van der Waals surface area (Å²) in [4.78, 5) is 23.0. The molecule has 0 aromatic rings. The summed E-state index contributed by atoms with van der Waals surface area (Å²) in [7, 11) is 0. The van der Waals surface area contributed by atoms with Gasteiger partial charge in [-0.3, -0.25) is 9.69 Å². The van der Waals surface area contributed by atoms with Crippen molar-refractivity contribution in [2.75, 3.05) is 39.4 Å². The first-order chi connectivity index (χ1) is 7.20. The molecule has 0 aliphatic carbocycles. The van der Waals surface area contributed by atoms with Gasteiger partial charge < -0.3 is 15.2 Å². The molecule has 2 N–H and O–H groups in total. The highest BCUT2D eigenvalue weighted by Gasteiger charge is 2.11. The first-order valence-electron chi connectivity index (χ1n) is 5.01. The Balaban J connectivity index is 2.01. The van der Waals surface area contributed by atoms with Crippen LogP contribution in [0.3, 0.4) is 0 Å². The van der Waals surface area contributed by atoms with Crippen LogP contribution in [0.4, 0.5) is 0 Å². The van der Waals surface area contributed by atoms with Crippen LogP contribution >= 0.6 is 0 Å². The Labute approximate surface area is 88.2 Å². The van der Waals surface area contributed by atoms with Gasteiger partial charge in [0.15, 0.2) is 0 Å². The fourth-order valence-electron chi connectivity index (χ4n) is 1.40. The second-order valence-corrected chi connectivity index (χ2v) is 3.37. The third-order valence-corrected chi connectivity index (χ3v) is 2.23. The number of morpholine rings is 1. The second-order valence-electron chi connectivity index (χ2n) is 3.37. The number of ether oxygens (including phenoxy) is 1. The number of hydrogen-bond donors (Lipinski definition) is 2. The zero-order valence-electron chi connectivity index (χ0n) is 8.57. The molecule has 86 valence electrons. The van der Waals surface area contributed by atoms with Crippen molar-refractivity contribution in [1.82, 2.24) is 10.2 Å². The van der Waals surface area contributed by atoms with E-state index in [4.69, 9.17) is 9.84 Å². The highest BCUT2D eigenvalue weighted by atomic mass is 16.5. The maximum absolute atomic E-state index is 10.6. The van der Waals surface area contributed by atoms with Gasteiger partial charge in [0.05, 0.1) is 13.2 Å². The lowest BCUT2D eigenvalue weighted by Crippen LogP contribution is -2.38. The Hall–Kier alpha value is -1.14. The molecule has 1 aliphatic heterocycles. The molecule has 0 radical (unpaired) electrons. The minimum atomic E-state index is -1.43. The van der Waals surface area contributed by atoms with Crippen LogP contribution in [0.5, 0.6) is 0 Å². The maximum Gasteiger partial charge on any atom is 0.394 e. The average molecular weight is 216 g/mol. The van der Waals surface area contributed by atoms with E-state index < -0.39 is 11.9 Å². The molecule has 0 saturated carbocycles. The summed E-state index contributed by atoms with van der Waals surface area (Å²) in [6, 6.07) is 0. The zero-order chi connectivity index (χ0) is 11.1. The lowest BCUT2D eigenvalue weighted by atomic mass is 10.3. The number of nitrogens with one attached hydrogen (secondary N) is 1. The van der Waals surface area contributed by atoms with Crippen molar-refractivity contribution in [1.29, 1.82) is 0 Å². The number of aliphatic carboxylic acids is 1. The van der Waals surface area contributed by atoms with Crippen LogP contribution < -0.4 is 5.32 Å². The summed E-state index contributed by atoms with van der Waals surface area (Å²) in [6.45, 7) is 4.59. The molecule has 1 saturated heterocycles. The average Bonchev–Trinajstić information content (AvgIpc) is 2.25. The van der Waals surface area contributed by atoms with Crippen LogP contribution in [-0.4, -0.2) is 61.3 Å². The highest BCUT2D eigenvalue weighted by Crippen LogP contribution is 1.97. The highest BCUT2D eigenvalue weighted by molar-refractivity contribution is 6.31. The van der Waals surface area contributed by atoms with Gasteiger partial charge in [-0.2, -0.15) is 0 Å². The van der Waals surface area contributed by atoms with Crippen LogP contribution in [0, 0.1) is 0 Å². The molecular formula is C9H16N2O4. The maximum atomic E-state index is 10.6. The normalized spacial score (nSPS) is 17.3. The van der Waals surface area contributed by atoms with Crippen molar-refractivity contribution < 1.29 is 19.4 Å². The number of carboxylic acids is 1. The minimum absolute atomic E-state index is 0.405. The smallest absolute Gasteiger partial charge is 0.394 e. The van der Waals surface area contributed by atoms with Crippen molar-refractivity contribution in [2.45, 2.75) is 6.42 Å². The van der Waals surface area contributed by atoms with E-state index in [2.05, 4.69) is 10.2 Å². The Kier molecular flexibility index (Phi) is 5.06. The Morgan fingerprint density at radius 1 is 1.33 bits per heavy atom. The molecule has 0 unspecified atom stereocenters. The topological polar surface area (TPSA) is 78.9 Å². The van der Waals surface area contributed by atoms with Gasteiger partial charge in [-0.25, -0.2) is 4.79 Å². The standard InChI is InChI=1S/C9H16N2O4/c12-8(9(13)14)10-2-1-3-11-4-6-15-7-5-11/h1-7H2,(H,10,12)(H,13,14). The van der Waals surface area contributed by atoms with E-state index in [0.717, 1.165) is 39.3 Å². The van der Waals surface area contributed by atoms with Gasteiger partial charge in [-0.15, -0.1) is 0 Å². The summed E-state index contributed by atoms with van der Waals surface area (Å²) in [5, 5.41) is 10.6. The van der Waals surface area contributed by atoms with E-state index in [1.54, 1.807) is 0 Å². The van der Waals surface area contributed by atoms with E-state index >= 15 is 0 Å². The summed E-state index contributed by atoms with van der Waals surface area (Å²) >= 11 is 0. The summed E-state index contributed by atoms with van der Waals surface area (Å²) < 4.78 is 5.19. The molecule has 6 heteroatoms. The molecule has 1 aliphatic rings. The lowest BCUT2D eigenvalue weighted by molar-refractivity contribution is -0.150. The minimum Gasteiger partial charge on any atom is -0.474 e. The monoisotopic (exact) mass is 216 g/mol. The number of rotatable bonds is 4. The molecule has 6 nitrogen and oxygen atoms in total. The Bertz CT molecular complexity index is 226. The summed E-state index contributed by atoms with van der Waals surface area (Å²) in [5.74, 6) is -2.36. The number of carbonyl (C=O) groups excluding carboxylic acids is 1. The van der Waals surface area contributed by atoms with Gasteiger partial charge in [-0.1, -0.05) is 0 Å². The first-order valence-corrected chi connectivity index (χ1v) is 5.01. The van der Waals surface area contributed by atoms with E-state index in [9.17, 15) is 9.59 Å². The molecule has 1 heterocycles. The van der Waals surface area contributed by atoms with Gasteiger partial charge in [0, 0.05) is 19.6 Å². The van der Waals surface area contributed by atoms with Crippen LogP contribution in [0.15, 0.2) is 0 Å². The van der Waals surface area contributed by atoms with E-state index in [1.807, 2.05) is 0 Å². The van der Waals surface area contributed by atoms with Crippen LogP contribution in [0.1, 0.15) is 6.42 Å². The van der Waals surface area contributed by atoms with Crippen molar-refractivity contribution in [3.05, 3.63) is 0 Å². The van der Waals surface area contributed by atoms with E-state index in [1.165, 1.54) is 0 Å². The number of hydrogen-bond acceptors (Lipinski definition) is 4. The third kappa shape index (κ3) is 4.75. The van der Waals surface area contributed by atoms with Crippen LogP contribution in [0.2, 0.25) is 0 Å². The lowest BCUT2D eigenvalue weighted by Gasteiger charge is -2.26. The van der Waals surface area contributed by atoms with Crippen molar-refractivity contribution in [3.63, 3.8) is 0 Å². The van der Waals surface area contributed by atoms with Crippen molar-refractivity contribution >= 4 is 11.9 Å². The quantitative estimate of drug-likeness (QED) is 0.461. The number of nitrogens with zero attached hydrogens (tertiary/aromatic N) is 1. The number of carboxylic acid groups (broad SMARTS) is 1. The molecular weight excluding hydrogens is 200 g/mol. The molecule has 0 bridgehead atoms. The fourth-order valence-corrected chi connectivity index (χ4v) is 1.40. The van der Waals surface area contributed by atoms with Crippen LogP contribution in [-0.2, 0) is 14.3 Å². The van der Waals surface area contributed by atoms with E-state index in [0.29, 0.717) is 6.54 Å². The predicted octanol–water partition coefficient (Wildman–Crippen LogP) is -1.09. The van der Waals surface area contributed by atoms with Gasteiger partial charge in [0.1, 0.15) is 0 Å². The molecule has 1 fully saturated rings. The molecule has 0 aromatic carbocycles. The molecule has 0 atom stereocenters. The summed E-state index contributed by atoms with van der Waals surface area (Å²) in [5.41, 5.74) is 0. The van der Waals surface area contributed by atoms with Gasteiger partial charge in [-0.05, 0) is 13.0 Å². The third-order valence-electron chi connectivity index (χ3n) is 2.23. The first kappa shape index (κ1) is 11.9. The van der Waals surface area contributed by atoms with Gasteiger partial charge in [0.25, 0.3) is 0 Å². The van der Waals surface area contributed by atoms with Gasteiger partial charge >= 0.3 is 11.9 Å². The van der Waals surface area contributed by atoms with Crippen molar-refractivity contribution in [2.24, 2.45) is 0 Å². The molecule has 1 amide bonds. The van der Waals surface area contributed by atoms with Crippen LogP contribution in [0.25, 0.3) is 0 Å². The number of carbonyl (C=O) groups is 2. The van der Waals surface area contributed by atoms with Gasteiger partial charge in [0.2, 0.25) is 0 Å². The molecule has 15 heavy (non-hydrogen) atoms. The van der Waals surface area contributed by atoms with E-state index in [-0.39, 0.29) is 0 Å². The Morgan fingerprint density at radius 3 is 2.60 bits per heavy atom. The zero-order valence-corrected chi connectivity index (χ0v) is 8.57. The second kappa shape index (κ2) is 6.36. The fraction of sp³-hybridized carbons (Fsp3) is 0.778. The van der Waals surface area contributed by atoms with Crippen molar-refractivity contribution in [3.8, 4) is 0 Å². The molecule has 1 rings (SSSR count). The SMILES string of the molecule is O=C(O)C(=O)NCCCN1CCOCC1. The molecule has 0 aromatic heterocycles. The predicted molar refractivity (Wildman–Crippen MR) is 52.5 cm³/mol. The molecule has 0 spiro atoms. The Morgan fingerprint density at radius 2 is 2.00 bits per heavy atom. The summed E-state index contributed by atoms with van der Waals surface area (Å²) in [6.07, 6.45) is 0.763.